The Balaban J connectivity index is 2.17. The number of aromatic carboxylic acids is 1. The van der Waals surface area contributed by atoms with Gasteiger partial charge in [0.15, 0.2) is 0 Å². The van der Waals surface area contributed by atoms with Gasteiger partial charge in [-0.1, -0.05) is 19.3 Å². The van der Waals surface area contributed by atoms with Crippen LogP contribution in [0.4, 0.5) is 0 Å². The SMILES string of the molecule is O=C(O)c1cnc(CC2CCC2)[nH]c1=O. The van der Waals surface area contributed by atoms with Gasteiger partial charge in [-0.05, 0) is 5.92 Å². The van der Waals surface area contributed by atoms with Crippen LogP contribution in [0.5, 0.6) is 0 Å². The Labute approximate surface area is 86.2 Å². The number of nitrogens with zero attached hydrogens (tertiary/aromatic N) is 1. The highest BCUT2D eigenvalue weighted by Crippen LogP contribution is 2.28. The van der Waals surface area contributed by atoms with E-state index >= 15 is 0 Å². The number of rotatable bonds is 3. The van der Waals surface area contributed by atoms with Crippen molar-refractivity contribution in [3.8, 4) is 0 Å². The van der Waals surface area contributed by atoms with E-state index in [0.717, 1.165) is 12.6 Å². The van der Waals surface area contributed by atoms with Crippen LogP contribution in [0.15, 0.2) is 11.0 Å². The molecule has 0 aromatic carbocycles. The van der Waals surface area contributed by atoms with E-state index in [4.69, 9.17) is 5.11 Å². The van der Waals surface area contributed by atoms with Crippen molar-refractivity contribution >= 4 is 5.97 Å². The number of aromatic amines is 1. The van der Waals surface area contributed by atoms with E-state index in [9.17, 15) is 9.59 Å². The van der Waals surface area contributed by atoms with Crippen LogP contribution >= 0.6 is 0 Å². The monoisotopic (exact) mass is 208 g/mol. The Kier molecular flexibility index (Phi) is 2.53. The molecule has 2 N–H and O–H groups in total. The molecule has 0 bridgehead atoms. The lowest BCUT2D eigenvalue weighted by Gasteiger charge is -2.24. The van der Waals surface area contributed by atoms with Crippen molar-refractivity contribution in [1.82, 2.24) is 9.97 Å². The topological polar surface area (TPSA) is 83.0 Å². The Morgan fingerprint density at radius 2 is 2.33 bits per heavy atom. The van der Waals surface area contributed by atoms with Crippen LogP contribution in [0.3, 0.4) is 0 Å². The standard InChI is InChI=1S/C10H12N2O3/c13-9-7(10(14)15)5-11-8(12-9)4-6-2-1-3-6/h5-6H,1-4H2,(H,14,15)(H,11,12,13). The maximum Gasteiger partial charge on any atom is 0.342 e. The van der Waals surface area contributed by atoms with Crippen molar-refractivity contribution in [2.75, 3.05) is 0 Å². The molecule has 0 atom stereocenters. The lowest BCUT2D eigenvalue weighted by molar-refractivity contribution is 0.0694. The number of nitrogens with one attached hydrogen (secondary N) is 1. The van der Waals surface area contributed by atoms with Gasteiger partial charge in [-0.3, -0.25) is 4.79 Å². The van der Waals surface area contributed by atoms with E-state index in [0.29, 0.717) is 11.7 Å². The summed E-state index contributed by atoms with van der Waals surface area (Å²) in [5.41, 5.74) is -0.862. The van der Waals surface area contributed by atoms with Crippen molar-refractivity contribution < 1.29 is 9.90 Å². The van der Waals surface area contributed by atoms with Gasteiger partial charge in [0.1, 0.15) is 11.4 Å². The van der Waals surface area contributed by atoms with Gasteiger partial charge in [-0.15, -0.1) is 0 Å². The first kappa shape index (κ1) is 9.89. The van der Waals surface area contributed by atoms with Crippen LogP contribution in [0.25, 0.3) is 0 Å². The lowest BCUT2D eigenvalue weighted by Crippen LogP contribution is -2.22. The zero-order valence-electron chi connectivity index (χ0n) is 8.19. The van der Waals surface area contributed by atoms with E-state index in [1.54, 1.807) is 0 Å². The fourth-order valence-corrected chi connectivity index (χ4v) is 1.66. The number of H-pyrrole nitrogens is 1. The third kappa shape index (κ3) is 2.06. The number of carboxylic acids is 1. The molecular weight excluding hydrogens is 196 g/mol. The van der Waals surface area contributed by atoms with Gasteiger partial charge in [0.05, 0.1) is 0 Å². The number of aromatic nitrogens is 2. The Bertz CT molecular complexity index is 435. The van der Waals surface area contributed by atoms with Gasteiger partial charge in [0.25, 0.3) is 5.56 Å². The molecule has 1 aliphatic rings. The van der Waals surface area contributed by atoms with E-state index in [-0.39, 0.29) is 5.56 Å². The number of hydrogen-bond acceptors (Lipinski definition) is 3. The average Bonchev–Trinajstić information content (AvgIpc) is 2.11. The van der Waals surface area contributed by atoms with Crippen LogP contribution in [-0.2, 0) is 6.42 Å². The maximum atomic E-state index is 11.3. The van der Waals surface area contributed by atoms with Gasteiger partial charge in [0, 0.05) is 12.6 Å². The summed E-state index contributed by atoms with van der Waals surface area (Å²) in [7, 11) is 0. The second kappa shape index (κ2) is 3.84. The van der Waals surface area contributed by atoms with Gasteiger partial charge >= 0.3 is 5.97 Å². The van der Waals surface area contributed by atoms with Crippen LogP contribution in [0, 0.1) is 5.92 Å². The fourth-order valence-electron chi connectivity index (χ4n) is 1.66. The Hall–Kier alpha value is -1.65. The van der Waals surface area contributed by atoms with E-state index < -0.39 is 11.5 Å². The van der Waals surface area contributed by atoms with Gasteiger partial charge < -0.3 is 10.1 Å². The number of hydrogen-bond donors (Lipinski definition) is 2. The molecule has 5 nitrogen and oxygen atoms in total. The first-order valence-electron chi connectivity index (χ1n) is 4.98. The Morgan fingerprint density at radius 3 is 2.80 bits per heavy atom. The summed E-state index contributed by atoms with van der Waals surface area (Å²) >= 11 is 0. The summed E-state index contributed by atoms with van der Waals surface area (Å²) in [5.74, 6) is -0.0440. The summed E-state index contributed by atoms with van der Waals surface area (Å²) in [6, 6.07) is 0. The molecule has 1 aromatic rings. The van der Waals surface area contributed by atoms with Crippen LogP contribution in [-0.4, -0.2) is 21.0 Å². The summed E-state index contributed by atoms with van der Waals surface area (Å²) < 4.78 is 0. The highest BCUT2D eigenvalue weighted by molar-refractivity contribution is 5.86. The first-order valence-corrected chi connectivity index (χ1v) is 4.98. The molecule has 0 radical (unpaired) electrons. The fraction of sp³-hybridized carbons (Fsp3) is 0.500. The maximum absolute atomic E-state index is 11.3. The molecule has 5 heteroatoms. The zero-order chi connectivity index (χ0) is 10.8. The summed E-state index contributed by atoms with van der Waals surface area (Å²) in [4.78, 5) is 28.3. The van der Waals surface area contributed by atoms with Crippen LogP contribution in [0.2, 0.25) is 0 Å². The Morgan fingerprint density at radius 1 is 1.60 bits per heavy atom. The summed E-state index contributed by atoms with van der Waals surface area (Å²) in [6.07, 6.45) is 5.46. The summed E-state index contributed by atoms with van der Waals surface area (Å²) in [5, 5.41) is 8.64. The molecule has 15 heavy (non-hydrogen) atoms. The quantitative estimate of drug-likeness (QED) is 0.770. The van der Waals surface area contributed by atoms with Crippen molar-refractivity contribution in [2.45, 2.75) is 25.7 Å². The molecule has 1 aromatic heterocycles. The van der Waals surface area contributed by atoms with Gasteiger partial charge in [-0.25, -0.2) is 9.78 Å². The molecule has 0 saturated heterocycles. The molecule has 1 fully saturated rings. The third-order valence-corrected chi connectivity index (χ3v) is 2.79. The van der Waals surface area contributed by atoms with Crippen molar-refractivity contribution in [3.05, 3.63) is 27.9 Å². The first-order chi connectivity index (χ1) is 7.16. The minimum atomic E-state index is -1.24. The van der Waals surface area contributed by atoms with Gasteiger partial charge in [-0.2, -0.15) is 0 Å². The van der Waals surface area contributed by atoms with E-state index in [1.165, 1.54) is 19.3 Å². The molecule has 0 unspecified atom stereocenters. The van der Waals surface area contributed by atoms with Crippen molar-refractivity contribution in [2.24, 2.45) is 5.92 Å². The molecule has 1 aliphatic carbocycles. The highest BCUT2D eigenvalue weighted by Gasteiger charge is 2.19. The van der Waals surface area contributed by atoms with Gasteiger partial charge in [0.2, 0.25) is 0 Å². The smallest absolute Gasteiger partial charge is 0.342 e. The van der Waals surface area contributed by atoms with E-state index in [2.05, 4.69) is 9.97 Å². The predicted molar refractivity (Wildman–Crippen MR) is 52.9 cm³/mol. The number of carboxylic acid groups (broad SMARTS) is 1. The minimum Gasteiger partial charge on any atom is -0.477 e. The molecular formula is C10H12N2O3. The molecule has 0 amide bonds. The van der Waals surface area contributed by atoms with Crippen molar-refractivity contribution in [1.29, 1.82) is 0 Å². The molecule has 0 spiro atoms. The van der Waals surface area contributed by atoms with Crippen LogP contribution < -0.4 is 5.56 Å². The second-order valence-corrected chi connectivity index (χ2v) is 3.88. The van der Waals surface area contributed by atoms with E-state index in [1.807, 2.05) is 0 Å². The minimum absolute atomic E-state index is 0.299. The van der Waals surface area contributed by atoms with Crippen LogP contribution in [0.1, 0.15) is 35.4 Å². The van der Waals surface area contributed by atoms with Crippen molar-refractivity contribution in [3.63, 3.8) is 0 Å². The lowest BCUT2D eigenvalue weighted by atomic mass is 9.83. The molecule has 1 saturated carbocycles. The zero-order valence-corrected chi connectivity index (χ0v) is 8.19. The molecule has 0 aliphatic heterocycles. The highest BCUT2D eigenvalue weighted by atomic mass is 16.4. The molecule has 80 valence electrons. The third-order valence-electron chi connectivity index (χ3n) is 2.79. The molecule has 1 heterocycles. The molecule has 2 rings (SSSR count). The second-order valence-electron chi connectivity index (χ2n) is 3.88. The normalized spacial score (nSPS) is 16.0. The number of carbonyl (C=O) groups is 1. The summed E-state index contributed by atoms with van der Waals surface area (Å²) in [6.45, 7) is 0. The average molecular weight is 208 g/mol. The largest absolute Gasteiger partial charge is 0.477 e. The predicted octanol–water partition coefficient (Wildman–Crippen LogP) is 0.811.